The molecule has 2 aromatic carbocycles. The minimum absolute atomic E-state index is 0.124. The maximum atomic E-state index is 12.5. The average Bonchev–Trinajstić information content (AvgIpc) is 3.43. The van der Waals surface area contributed by atoms with Crippen LogP contribution in [0.25, 0.3) is 22.4 Å². The Bertz CT molecular complexity index is 1270. The van der Waals surface area contributed by atoms with Crippen LogP contribution in [0.3, 0.4) is 0 Å². The van der Waals surface area contributed by atoms with Crippen molar-refractivity contribution in [1.29, 1.82) is 0 Å². The molecular weight excluding hydrogens is 394 g/mol. The van der Waals surface area contributed by atoms with Crippen LogP contribution < -0.4 is 16.0 Å². The van der Waals surface area contributed by atoms with Crippen LogP contribution in [0.15, 0.2) is 69.9 Å². The molecule has 1 N–H and O–H groups in total. The monoisotopic (exact) mass is 415 g/mol. The predicted molar refractivity (Wildman–Crippen MR) is 118 cm³/mol. The zero-order valence-corrected chi connectivity index (χ0v) is 16.8. The van der Waals surface area contributed by atoms with Crippen molar-refractivity contribution in [2.75, 3.05) is 23.3 Å². The lowest BCUT2D eigenvalue weighted by Crippen LogP contribution is -2.24. The maximum Gasteiger partial charge on any atom is 0.420 e. The number of carbonyl (C=O) groups excluding carboxylic acids is 1. The largest absolute Gasteiger partial charge is 0.420 e. The van der Waals surface area contributed by atoms with Crippen molar-refractivity contribution in [3.05, 3.63) is 71.2 Å². The van der Waals surface area contributed by atoms with Gasteiger partial charge >= 0.3 is 5.76 Å². The smallest absolute Gasteiger partial charge is 0.408 e. The Morgan fingerprint density at radius 2 is 1.74 bits per heavy atom. The van der Waals surface area contributed by atoms with E-state index in [2.05, 4.69) is 20.4 Å². The minimum atomic E-state index is -0.553. The molecule has 5 rings (SSSR count). The fourth-order valence-corrected chi connectivity index (χ4v) is 3.83. The molecule has 0 atom stereocenters. The molecule has 0 bridgehead atoms. The molecule has 8 heteroatoms. The zero-order valence-electron chi connectivity index (χ0n) is 16.8. The van der Waals surface area contributed by atoms with Gasteiger partial charge in [-0.15, -0.1) is 10.2 Å². The highest BCUT2D eigenvalue weighted by Gasteiger charge is 2.15. The topological polar surface area (TPSA) is 93.3 Å². The molecule has 1 aliphatic rings. The predicted octanol–water partition coefficient (Wildman–Crippen LogP) is 3.29. The van der Waals surface area contributed by atoms with Crippen molar-refractivity contribution in [2.45, 2.75) is 19.4 Å². The number of oxazole rings is 1. The third kappa shape index (κ3) is 3.92. The van der Waals surface area contributed by atoms with Gasteiger partial charge in [-0.25, -0.2) is 4.79 Å². The molecule has 0 saturated carbocycles. The van der Waals surface area contributed by atoms with E-state index in [4.69, 9.17) is 4.42 Å². The number of anilines is 2. The van der Waals surface area contributed by atoms with Crippen LogP contribution in [0.5, 0.6) is 0 Å². The number of rotatable bonds is 5. The minimum Gasteiger partial charge on any atom is -0.408 e. The summed E-state index contributed by atoms with van der Waals surface area (Å²) in [5.74, 6) is 0.0472. The number of benzene rings is 2. The van der Waals surface area contributed by atoms with Crippen LogP contribution in [0.1, 0.15) is 12.8 Å². The number of aromatic nitrogens is 3. The molecule has 3 heterocycles. The first kappa shape index (κ1) is 19.0. The molecule has 0 unspecified atom stereocenters. The highest BCUT2D eigenvalue weighted by Crippen LogP contribution is 2.22. The fraction of sp³-hybridized carbons (Fsp3) is 0.217. The third-order valence-corrected chi connectivity index (χ3v) is 5.42. The first-order valence-electron chi connectivity index (χ1n) is 10.2. The summed E-state index contributed by atoms with van der Waals surface area (Å²) in [4.78, 5) is 26.7. The molecule has 2 aromatic heterocycles. The van der Waals surface area contributed by atoms with Gasteiger partial charge in [-0.2, -0.15) is 0 Å². The van der Waals surface area contributed by atoms with Crippen LogP contribution in [0.2, 0.25) is 0 Å². The number of fused-ring (bicyclic) bond motifs is 1. The third-order valence-electron chi connectivity index (χ3n) is 5.42. The summed E-state index contributed by atoms with van der Waals surface area (Å²) in [6, 6.07) is 18.4. The quantitative estimate of drug-likeness (QED) is 0.538. The van der Waals surface area contributed by atoms with Gasteiger partial charge in [-0.05, 0) is 49.2 Å². The van der Waals surface area contributed by atoms with Gasteiger partial charge in [0.15, 0.2) is 11.4 Å². The second kappa shape index (κ2) is 8.06. The van der Waals surface area contributed by atoms with Gasteiger partial charge < -0.3 is 14.6 Å². The summed E-state index contributed by atoms with van der Waals surface area (Å²) >= 11 is 0. The Kier molecular flexibility index (Phi) is 4.95. The van der Waals surface area contributed by atoms with E-state index in [1.807, 2.05) is 24.3 Å². The maximum absolute atomic E-state index is 12.5. The molecule has 1 amide bonds. The molecular formula is C23H21N5O3. The molecule has 0 radical (unpaired) electrons. The summed E-state index contributed by atoms with van der Waals surface area (Å²) in [6.45, 7) is 1.94. The number of nitrogens with zero attached hydrogens (tertiary/aromatic N) is 4. The van der Waals surface area contributed by atoms with Crippen LogP contribution in [0, 0.1) is 0 Å². The molecule has 4 aromatic rings. The summed E-state index contributed by atoms with van der Waals surface area (Å²) in [6.07, 6.45) is 2.39. The van der Waals surface area contributed by atoms with Gasteiger partial charge in [-0.1, -0.05) is 24.3 Å². The Morgan fingerprint density at radius 1 is 0.968 bits per heavy atom. The molecule has 31 heavy (non-hydrogen) atoms. The van der Waals surface area contributed by atoms with Gasteiger partial charge in [0.05, 0.1) is 11.2 Å². The first-order valence-corrected chi connectivity index (χ1v) is 10.2. The molecule has 156 valence electrons. The molecule has 0 spiro atoms. The van der Waals surface area contributed by atoms with Crippen molar-refractivity contribution in [3.63, 3.8) is 0 Å². The van der Waals surface area contributed by atoms with Crippen LogP contribution in [0.4, 0.5) is 11.5 Å². The van der Waals surface area contributed by atoms with Crippen molar-refractivity contribution >= 4 is 28.5 Å². The number of hydrogen-bond acceptors (Lipinski definition) is 6. The van der Waals surface area contributed by atoms with Gasteiger partial charge in [0.25, 0.3) is 0 Å². The summed E-state index contributed by atoms with van der Waals surface area (Å²) in [5, 5.41) is 11.5. The Morgan fingerprint density at radius 3 is 2.48 bits per heavy atom. The van der Waals surface area contributed by atoms with Gasteiger partial charge in [0.1, 0.15) is 6.54 Å². The lowest BCUT2D eigenvalue weighted by molar-refractivity contribution is -0.116. The lowest BCUT2D eigenvalue weighted by atomic mass is 10.1. The van der Waals surface area contributed by atoms with E-state index in [0.29, 0.717) is 16.8 Å². The number of amides is 1. The van der Waals surface area contributed by atoms with Crippen LogP contribution in [-0.2, 0) is 11.3 Å². The van der Waals surface area contributed by atoms with E-state index in [0.717, 1.165) is 30.2 Å². The molecule has 1 aliphatic heterocycles. The number of hydrogen-bond donors (Lipinski definition) is 1. The normalized spacial score (nSPS) is 13.6. The average molecular weight is 415 g/mol. The van der Waals surface area contributed by atoms with Gasteiger partial charge in [0, 0.05) is 24.3 Å². The Balaban J connectivity index is 1.26. The summed E-state index contributed by atoms with van der Waals surface area (Å²) in [5.41, 5.74) is 3.37. The molecule has 0 aliphatic carbocycles. The Hall–Kier alpha value is -3.94. The van der Waals surface area contributed by atoms with E-state index < -0.39 is 5.76 Å². The van der Waals surface area contributed by atoms with Gasteiger partial charge in [-0.3, -0.25) is 9.36 Å². The Labute approximate surface area is 178 Å². The molecule has 1 fully saturated rings. The van der Waals surface area contributed by atoms with E-state index >= 15 is 0 Å². The number of carbonyl (C=O) groups is 1. The van der Waals surface area contributed by atoms with Crippen molar-refractivity contribution in [3.8, 4) is 11.3 Å². The highest BCUT2D eigenvalue weighted by atomic mass is 16.4. The highest BCUT2D eigenvalue weighted by molar-refractivity contribution is 5.91. The first-order chi connectivity index (χ1) is 15.2. The van der Waals surface area contributed by atoms with Crippen molar-refractivity contribution < 1.29 is 9.21 Å². The van der Waals surface area contributed by atoms with E-state index in [1.165, 1.54) is 17.4 Å². The van der Waals surface area contributed by atoms with E-state index in [-0.39, 0.29) is 12.5 Å². The van der Waals surface area contributed by atoms with Crippen molar-refractivity contribution in [2.24, 2.45) is 0 Å². The zero-order chi connectivity index (χ0) is 21.2. The van der Waals surface area contributed by atoms with Gasteiger partial charge in [0.2, 0.25) is 5.91 Å². The van der Waals surface area contributed by atoms with E-state index in [9.17, 15) is 9.59 Å². The van der Waals surface area contributed by atoms with E-state index in [1.54, 1.807) is 36.4 Å². The second-order valence-electron chi connectivity index (χ2n) is 7.52. The van der Waals surface area contributed by atoms with Crippen LogP contribution >= 0.6 is 0 Å². The lowest BCUT2D eigenvalue weighted by Gasteiger charge is -2.15. The van der Waals surface area contributed by atoms with Crippen LogP contribution in [-0.4, -0.2) is 33.8 Å². The SMILES string of the molecule is O=C(Cn1c(=O)oc2ccccc21)Nc1ccc(-c2ccc(N3CCCC3)nn2)cc1. The van der Waals surface area contributed by atoms with Crippen molar-refractivity contribution in [1.82, 2.24) is 14.8 Å². The number of nitrogens with one attached hydrogen (secondary N) is 1. The summed E-state index contributed by atoms with van der Waals surface area (Å²) in [7, 11) is 0. The number of para-hydroxylation sites is 2. The fourth-order valence-electron chi connectivity index (χ4n) is 3.83. The second-order valence-corrected chi connectivity index (χ2v) is 7.52. The summed E-state index contributed by atoms with van der Waals surface area (Å²) < 4.78 is 6.48. The molecule has 1 saturated heterocycles. The standard InChI is InChI=1S/C23H21N5O3/c29-22(15-28-19-5-1-2-6-20(19)31-23(28)30)24-17-9-7-16(8-10-17)18-11-12-21(26-25-18)27-13-3-4-14-27/h1-2,5-12H,3-4,13-15H2,(H,24,29). The molecule has 8 nitrogen and oxygen atoms in total.